The second-order valence-electron chi connectivity index (χ2n) is 7.43. The molecule has 130 valence electrons. The lowest BCUT2D eigenvalue weighted by atomic mass is 10.0. The minimum Gasteiger partial charge on any atom is -0.331 e. The smallest absolute Gasteiger partial charge is 0.178 e. The summed E-state index contributed by atoms with van der Waals surface area (Å²) in [5, 5.41) is 1.52. The summed E-state index contributed by atoms with van der Waals surface area (Å²) in [7, 11) is 2.29. The molecule has 2 aromatic rings. The number of imidazole rings is 1. The predicted octanol–water partition coefficient (Wildman–Crippen LogP) is 5.65. The number of piperidine rings is 1. The maximum absolute atomic E-state index is 6.82. The summed E-state index contributed by atoms with van der Waals surface area (Å²) < 4.78 is 2.89. The summed E-state index contributed by atoms with van der Waals surface area (Å²) in [6.45, 7) is 4.29. The van der Waals surface area contributed by atoms with Crippen molar-refractivity contribution < 1.29 is 0 Å². The fourth-order valence-electron chi connectivity index (χ4n) is 4.38. The van der Waals surface area contributed by atoms with Gasteiger partial charge in [-0.1, -0.05) is 11.6 Å². The van der Waals surface area contributed by atoms with Crippen molar-refractivity contribution in [2.75, 3.05) is 7.05 Å². The predicted molar refractivity (Wildman–Crippen MR) is 106 cm³/mol. The van der Waals surface area contributed by atoms with Gasteiger partial charge in [0.15, 0.2) is 4.77 Å². The van der Waals surface area contributed by atoms with Crippen LogP contribution in [0.2, 0.25) is 5.02 Å². The molecule has 0 radical (unpaired) electrons. The molecule has 2 saturated heterocycles. The minimum absolute atomic E-state index is 0.295. The third-order valence-corrected chi connectivity index (χ3v) is 7.75. The average molecular weight is 382 g/mol. The van der Waals surface area contributed by atoms with Crippen LogP contribution in [0.25, 0.3) is 11.0 Å². The van der Waals surface area contributed by atoms with Crippen LogP contribution in [0.5, 0.6) is 0 Å². The van der Waals surface area contributed by atoms with E-state index in [0.717, 1.165) is 32.9 Å². The van der Waals surface area contributed by atoms with Gasteiger partial charge in [0, 0.05) is 28.3 Å². The number of aromatic amines is 1. The molecule has 6 heteroatoms. The lowest BCUT2D eigenvalue weighted by Gasteiger charge is -2.36. The van der Waals surface area contributed by atoms with Crippen LogP contribution in [0.4, 0.5) is 0 Å². The molecule has 0 aliphatic carbocycles. The summed E-state index contributed by atoms with van der Waals surface area (Å²) in [5.41, 5.74) is 2.09. The first-order chi connectivity index (χ1) is 11.5. The Morgan fingerprint density at radius 1 is 1.25 bits per heavy atom. The van der Waals surface area contributed by atoms with Gasteiger partial charge in [0.25, 0.3) is 0 Å². The van der Waals surface area contributed by atoms with Crippen molar-refractivity contribution in [3.05, 3.63) is 21.9 Å². The van der Waals surface area contributed by atoms with Gasteiger partial charge in [0.1, 0.15) is 0 Å². The fourth-order valence-corrected chi connectivity index (χ4v) is 6.52. The van der Waals surface area contributed by atoms with Crippen LogP contribution >= 0.6 is 35.6 Å². The number of nitrogens with zero attached hydrogens (tertiary/aromatic N) is 2. The van der Waals surface area contributed by atoms with E-state index >= 15 is 0 Å². The van der Waals surface area contributed by atoms with Crippen LogP contribution in [-0.4, -0.2) is 38.8 Å². The molecule has 4 rings (SSSR count). The zero-order chi connectivity index (χ0) is 17.0. The molecule has 1 unspecified atom stereocenters. The second kappa shape index (κ2) is 6.35. The molecule has 2 bridgehead atoms. The quantitative estimate of drug-likeness (QED) is 0.695. The summed E-state index contributed by atoms with van der Waals surface area (Å²) in [5.74, 6) is 0. The van der Waals surface area contributed by atoms with E-state index in [1.807, 2.05) is 11.8 Å². The van der Waals surface area contributed by atoms with Gasteiger partial charge in [-0.3, -0.25) is 0 Å². The number of fused-ring (bicyclic) bond motifs is 3. The normalized spacial score (nSPS) is 27.5. The van der Waals surface area contributed by atoms with E-state index < -0.39 is 0 Å². The van der Waals surface area contributed by atoms with E-state index in [4.69, 9.17) is 23.8 Å². The Kier molecular flexibility index (Phi) is 4.48. The standard InChI is InChI=1S/C18H24ClN3S2/c1-10(2)22-17-14(20-18(22)23)6-7-15(16(17)19)24-13-8-11-4-5-12(9-13)21(11)3/h6-7,10-13H,4-5,8-9H2,1-3H3,(H,20,23)/t11-,12+,13?. The Labute approximate surface area is 157 Å². The molecule has 1 N–H and O–H groups in total. The molecule has 0 amide bonds. The number of nitrogens with one attached hydrogen (secondary N) is 1. The Morgan fingerprint density at radius 2 is 1.92 bits per heavy atom. The highest BCUT2D eigenvalue weighted by Crippen LogP contribution is 2.44. The molecule has 2 fully saturated rings. The largest absolute Gasteiger partial charge is 0.331 e. The van der Waals surface area contributed by atoms with Gasteiger partial charge in [0.05, 0.1) is 16.1 Å². The number of thioether (sulfide) groups is 1. The van der Waals surface area contributed by atoms with Gasteiger partial charge in [-0.25, -0.2) is 0 Å². The van der Waals surface area contributed by atoms with E-state index in [-0.39, 0.29) is 0 Å². The van der Waals surface area contributed by atoms with Crippen LogP contribution in [0.1, 0.15) is 45.6 Å². The Morgan fingerprint density at radius 3 is 2.54 bits per heavy atom. The highest BCUT2D eigenvalue weighted by Gasteiger charge is 2.38. The van der Waals surface area contributed by atoms with Gasteiger partial charge in [0.2, 0.25) is 0 Å². The zero-order valence-electron chi connectivity index (χ0n) is 14.4. The number of H-pyrrole nitrogens is 1. The van der Waals surface area contributed by atoms with Crippen molar-refractivity contribution >= 4 is 46.6 Å². The number of halogens is 1. The van der Waals surface area contributed by atoms with Gasteiger partial charge >= 0.3 is 0 Å². The van der Waals surface area contributed by atoms with E-state index in [0.29, 0.717) is 11.3 Å². The van der Waals surface area contributed by atoms with Crippen LogP contribution in [-0.2, 0) is 0 Å². The lowest BCUT2D eigenvalue weighted by molar-refractivity contribution is 0.183. The van der Waals surface area contributed by atoms with Crippen molar-refractivity contribution in [3.63, 3.8) is 0 Å². The van der Waals surface area contributed by atoms with E-state index in [1.54, 1.807) is 0 Å². The molecular weight excluding hydrogens is 358 g/mol. The van der Waals surface area contributed by atoms with E-state index in [9.17, 15) is 0 Å². The SMILES string of the molecule is CC(C)n1c(=S)[nH]c2ccc(SC3C[C@H]4CC[C@@H](C3)N4C)c(Cl)c21. The molecule has 3 atom stereocenters. The maximum atomic E-state index is 6.82. The first-order valence-electron chi connectivity index (χ1n) is 8.77. The lowest BCUT2D eigenvalue weighted by Crippen LogP contribution is -2.40. The van der Waals surface area contributed by atoms with E-state index in [1.165, 1.54) is 30.6 Å². The molecule has 0 spiro atoms. The molecule has 24 heavy (non-hydrogen) atoms. The van der Waals surface area contributed by atoms with Crippen molar-refractivity contribution in [1.29, 1.82) is 0 Å². The van der Waals surface area contributed by atoms with Gasteiger partial charge in [-0.2, -0.15) is 0 Å². The highest BCUT2D eigenvalue weighted by atomic mass is 35.5. The van der Waals surface area contributed by atoms with Gasteiger partial charge < -0.3 is 14.5 Å². The number of hydrogen-bond donors (Lipinski definition) is 1. The number of benzene rings is 1. The number of hydrogen-bond acceptors (Lipinski definition) is 3. The van der Waals surface area contributed by atoms with Crippen LogP contribution < -0.4 is 0 Å². The van der Waals surface area contributed by atoms with Gasteiger partial charge in [-0.15, -0.1) is 11.8 Å². The molecule has 0 saturated carbocycles. The molecule has 3 heterocycles. The Bertz CT molecular complexity index is 812. The summed E-state index contributed by atoms with van der Waals surface area (Å²) >= 11 is 14.3. The number of rotatable bonds is 3. The summed E-state index contributed by atoms with van der Waals surface area (Å²) in [6.07, 6.45) is 5.26. The molecule has 2 aliphatic rings. The van der Waals surface area contributed by atoms with Crippen LogP contribution in [0, 0.1) is 4.77 Å². The van der Waals surface area contributed by atoms with Crippen LogP contribution in [0.3, 0.4) is 0 Å². The fraction of sp³-hybridized carbons (Fsp3) is 0.611. The van der Waals surface area contributed by atoms with E-state index in [2.05, 4.69) is 47.5 Å². The average Bonchev–Trinajstić information content (AvgIpc) is 2.95. The third kappa shape index (κ3) is 2.74. The first kappa shape index (κ1) is 17.0. The Balaban J connectivity index is 1.67. The Hall–Kier alpha value is -0.490. The first-order valence-corrected chi connectivity index (χ1v) is 10.4. The van der Waals surface area contributed by atoms with Gasteiger partial charge in [-0.05, 0) is 70.9 Å². The molecule has 1 aromatic carbocycles. The molecular formula is C18H24ClN3S2. The van der Waals surface area contributed by atoms with Crippen molar-refractivity contribution in [2.24, 2.45) is 0 Å². The van der Waals surface area contributed by atoms with Crippen LogP contribution in [0.15, 0.2) is 17.0 Å². The molecule has 2 aliphatic heterocycles. The monoisotopic (exact) mass is 381 g/mol. The van der Waals surface area contributed by atoms with Crippen molar-refractivity contribution in [1.82, 2.24) is 14.5 Å². The maximum Gasteiger partial charge on any atom is 0.178 e. The topological polar surface area (TPSA) is 24.0 Å². The van der Waals surface area contributed by atoms with Crippen molar-refractivity contribution in [2.45, 2.75) is 67.8 Å². The zero-order valence-corrected chi connectivity index (χ0v) is 16.8. The summed E-state index contributed by atoms with van der Waals surface area (Å²) in [4.78, 5) is 7.07. The minimum atomic E-state index is 0.295. The highest BCUT2D eigenvalue weighted by molar-refractivity contribution is 8.00. The number of aromatic nitrogens is 2. The third-order valence-electron chi connectivity index (χ3n) is 5.65. The summed E-state index contributed by atoms with van der Waals surface area (Å²) in [6, 6.07) is 6.10. The molecule has 1 aromatic heterocycles. The second-order valence-corrected chi connectivity index (χ2v) is 9.54. The van der Waals surface area contributed by atoms with Crippen molar-refractivity contribution in [3.8, 4) is 0 Å². The molecule has 3 nitrogen and oxygen atoms in total.